The molecule has 2 heterocycles. The highest BCUT2D eigenvalue weighted by Crippen LogP contribution is 2.31. The van der Waals surface area contributed by atoms with Gasteiger partial charge in [-0.25, -0.2) is 4.79 Å². The van der Waals surface area contributed by atoms with Crippen LogP contribution >= 0.6 is 0 Å². The van der Waals surface area contributed by atoms with Crippen molar-refractivity contribution in [3.63, 3.8) is 0 Å². The second kappa shape index (κ2) is 3.13. The fourth-order valence-electron chi connectivity index (χ4n) is 1.80. The Morgan fingerprint density at radius 2 is 2.21 bits per heavy atom. The molecule has 6 heteroatoms. The van der Waals surface area contributed by atoms with Gasteiger partial charge >= 0.3 is 11.9 Å². The number of likely N-dealkylation sites (tertiary alicyclic amines) is 1. The molecule has 0 radical (unpaired) electrons. The lowest BCUT2D eigenvalue weighted by Crippen LogP contribution is -2.57. The second-order valence-electron chi connectivity index (χ2n) is 3.91. The van der Waals surface area contributed by atoms with Crippen molar-refractivity contribution in [1.82, 2.24) is 4.90 Å². The van der Waals surface area contributed by atoms with Gasteiger partial charge in [0.1, 0.15) is 6.10 Å². The van der Waals surface area contributed by atoms with Crippen molar-refractivity contribution in [2.24, 2.45) is 5.73 Å². The summed E-state index contributed by atoms with van der Waals surface area (Å²) in [5, 5.41) is 0. The number of nitrogens with two attached hydrogens (primary N) is 1. The number of carbonyl (C=O) groups excluding carboxylic acids is 1. The molecule has 2 aliphatic heterocycles. The van der Waals surface area contributed by atoms with E-state index in [-0.39, 0.29) is 6.04 Å². The molecule has 2 rings (SSSR count). The van der Waals surface area contributed by atoms with Gasteiger partial charge in [-0.3, -0.25) is 4.90 Å². The number of esters is 1. The van der Waals surface area contributed by atoms with Gasteiger partial charge in [0.05, 0.1) is 6.42 Å². The van der Waals surface area contributed by atoms with E-state index >= 15 is 0 Å². The van der Waals surface area contributed by atoms with Crippen LogP contribution in [0.4, 0.5) is 8.78 Å². The summed E-state index contributed by atoms with van der Waals surface area (Å²) in [5.74, 6) is -4.69. The molecule has 0 amide bonds. The van der Waals surface area contributed by atoms with E-state index in [1.54, 1.807) is 0 Å². The lowest BCUT2D eigenvalue weighted by atomic mass is 10.1. The molecule has 2 fully saturated rings. The van der Waals surface area contributed by atoms with E-state index < -0.39 is 24.4 Å². The number of hydrogen-bond donors (Lipinski definition) is 1. The first-order chi connectivity index (χ1) is 6.47. The molecule has 2 N–H and O–H groups in total. The van der Waals surface area contributed by atoms with Crippen LogP contribution in [-0.2, 0) is 9.53 Å². The Balaban J connectivity index is 1.81. The quantitative estimate of drug-likeness (QED) is 0.623. The van der Waals surface area contributed by atoms with Crippen LogP contribution in [0.25, 0.3) is 0 Å². The van der Waals surface area contributed by atoms with Crippen molar-refractivity contribution in [3.8, 4) is 0 Å². The maximum atomic E-state index is 12.7. The van der Waals surface area contributed by atoms with Crippen LogP contribution < -0.4 is 5.73 Å². The van der Waals surface area contributed by atoms with Crippen molar-refractivity contribution in [3.05, 3.63) is 0 Å². The first-order valence-corrected chi connectivity index (χ1v) is 4.54. The predicted molar refractivity (Wildman–Crippen MR) is 43.9 cm³/mol. The average Bonchev–Trinajstić information content (AvgIpc) is 2.23. The number of ether oxygens (including phenoxy) is 1. The van der Waals surface area contributed by atoms with Gasteiger partial charge in [-0.05, 0) is 0 Å². The van der Waals surface area contributed by atoms with Crippen molar-refractivity contribution in [2.45, 2.75) is 24.5 Å². The highest BCUT2D eigenvalue weighted by atomic mass is 19.3. The summed E-state index contributed by atoms with van der Waals surface area (Å²) in [4.78, 5) is 12.5. The first kappa shape index (κ1) is 9.79. The molecule has 0 bridgehead atoms. The standard InChI is InChI=1S/C8H12F2N2O2/c9-8(10)1-6(14-7(8)13)4-12-2-5(11)3-12/h5-6H,1-4,11H2. The monoisotopic (exact) mass is 206 g/mol. The molecule has 0 aromatic carbocycles. The molecular formula is C8H12F2N2O2. The molecule has 0 aromatic rings. The summed E-state index contributed by atoms with van der Waals surface area (Å²) in [6, 6.07) is 0.132. The van der Waals surface area contributed by atoms with E-state index in [1.165, 1.54) is 0 Å². The van der Waals surface area contributed by atoms with Gasteiger partial charge in [0, 0.05) is 25.7 Å². The van der Waals surface area contributed by atoms with E-state index in [0.29, 0.717) is 19.6 Å². The summed E-state index contributed by atoms with van der Waals surface area (Å²) < 4.78 is 30.0. The van der Waals surface area contributed by atoms with E-state index in [2.05, 4.69) is 4.74 Å². The molecule has 0 aromatic heterocycles. The van der Waals surface area contributed by atoms with E-state index in [9.17, 15) is 13.6 Å². The Bertz CT molecular complexity index is 254. The first-order valence-electron chi connectivity index (χ1n) is 4.54. The molecule has 0 saturated carbocycles. The largest absolute Gasteiger partial charge is 0.456 e. The maximum Gasteiger partial charge on any atom is 0.377 e. The third-order valence-electron chi connectivity index (χ3n) is 2.50. The minimum atomic E-state index is -3.29. The highest BCUT2D eigenvalue weighted by molar-refractivity contribution is 5.79. The van der Waals surface area contributed by atoms with Crippen LogP contribution in [0.1, 0.15) is 6.42 Å². The summed E-state index contributed by atoms with van der Waals surface area (Å²) in [5.41, 5.74) is 5.53. The summed E-state index contributed by atoms with van der Waals surface area (Å²) in [6.07, 6.45) is -1.18. The Hall–Kier alpha value is -0.750. The van der Waals surface area contributed by atoms with Gasteiger partial charge in [0.2, 0.25) is 0 Å². The molecule has 0 spiro atoms. The Labute approximate surface area is 80.0 Å². The van der Waals surface area contributed by atoms with Crippen molar-refractivity contribution in [1.29, 1.82) is 0 Å². The molecule has 2 aliphatic rings. The number of hydrogen-bond acceptors (Lipinski definition) is 4. The SMILES string of the molecule is NC1CN(CC2CC(F)(F)C(=O)O2)C1. The van der Waals surface area contributed by atoms with Gasteiger partial charge < -0.3 is 10.5 Å². The van der Waals surface area contributed by atoms with Crippen LogP contribution in [0.2, 0.25) is 0 Å². The van der Waals surface area contributed by atoms with Gasteiger partial charge in [-0.1, -0.05) is 0 Å². The van der Waals surface area contributed by atoms with Gasteiger partial charge in [0.15, 0.2) is 0 Å². The van der Waals surface area contributed by atoms with E-state index in [0.717, 1.165) is 0 Å². The molecular weight excluding hydrogens is 194 g/mol. The number of carbonyl (C=O) groups is 1. The lowest BCUT2D eigenvalue weighted by Gasteiger charge is -2.37. The lowest BCUT2D eigenvalue weighted by molar-refractivity contribution is -0.159. The predicted octanol–water partition coefficient (Wildman–Crippen LogP) is -0.420. The zero-order valence-corrected chi connectivity index (χ0v) is 7.58. The molecule has 2 saturated heterocycles. The zero-order valence-electron chi connectivity index (χ0n) is 7.58. The number of rotatable bonds is 2. The molecule has 4 nitrogen and oxygen atoms in total. The van der Waals surface area contributed by atoms with Crippen LogP contribution in [0.15, 0.2) is 0 Å². The Morgan fingerprint density at radius 1 is 1.57 bits per heavy atom. The highest BCUT2D eigenvalue weighted by Gasteiger charge is 2.51. The number of halogens is 2. The molecule has 1 unspecified atom stereocenters. The molecule has 80 valence electrons. The minimum absolute atomic E-state index is 0.132. The van der Waals surface area contributed by atoms with Crippen molar-refractivity contribution < 1.29 is 18.3 Å². The third kappa shape index (κ3) is 1.72. The van der Waals surface area contributed by atoms with Gasteiger partial charge in [-0.15, -0.1) is 0 Å². The minimum Gasteiger partial charge on any atom is -0.456 e. The number of cyclic esters (lactones) is 1. The third-order valence-corrected chi connectivity index (χ3v) is 2.50. The number of alkyl halides is 2. The number of nitrogens with zero attached hydrogens (tertiary/aromatic N) is 1. The van der Waals surface area contributed by atoms with Crippen molar-refractivity contribution in [2.75, 3.05) is 19.6 Å². The van der Waals surface area contributed by atoms with Crippen LogP contribution in [0, 0.1) is 0 Å². The fraction of sp³-hybridized carbons (Fsp3) is 0.875. The van der Waals surface area contributed by atoms with E-state index in [4.69, 9.17) is 5.73 Å². The van der Waals surface area contributed by atoms with Gasteiger partial charge in [-0.2, -0.15) is 8.78 Å². The zero-order chi connectivity index (χ0) is 10.3. The topological polar surface area (TPSA) is 55.6 Å². The second-order valence-corrected chi connectivity index (χ2v) is 3.91. The Morgan fingerprint density at radius 3 is 2.64 bits per heavy atom. The van der Waals surface area contributed by atoms with Crippen molar-refractivity contribution >= 4 is 5.97 Å². The average molecular weight is 206 g/mol. The molecule has 1 atom stereocenters. The normalized spacial score (nSPS) is 32.8. The maximum absolute atomic E-state index is 12.7. The van der Waals surface area contributed by atoms with Crippen LogP contribution in [0.5, 0.6) is 0 Å². The smallest absolute Gasteiger partial charge is 0.377 e. The molecule has 0 aliphatic carbocycles. The fourth-order valence-corrected chi connectivity index (χ4v) is 1.80. The summed E-state index contributed by atoms with van der Waals surface area (Å²) in [6.45, 7) is 1.76. The van der Waals surface area contributed by atoms with Crippen LogP contribution in [0.3, 0.4) is 0 Å². The Kier molecular flexibility index (Phi) is 2.19. The molecule has 14 heavy (non-hydrogen) atoms. The van der Waals surface area contributed by atoms with Crippen LogP contribution in [-0.4, -0.2) is 48.6 Å². The van der Waals surface area contributed by atoms with Gasteiger partial charge in [0.25, 0.3) is 0 Å². The summed E-state index contributed by atoms with van der Waals surface area (Å²) >= 11 is 0. The van der Waals surface area contributed by atoms with E-state index in [1.807, 2.05) is 4.90 Å². The summed E-state index contributed by atoms with van der Waals surface area (Å²) in [7, 11) is 0.